The number of aromatic nitrogens is 2. The molecule has 0 N–H and O–H groups in total. The Kier molecular flexibility index (Phi) is 4.46. The molecule has 0 amide bonds. The van der Waals surface area contributed by atoms with Crippen LogP contribution in [0.4, 0.5) is 0 Å². The van der Waals surface area contributed by atoms with Crippen LogP contribution in [0.2, 0.25) is 5.15 Å². The number of ether oxygens (including phenoxy) is 1. The number of nitrogens with zero attached hydrogens (tertiary/aromatic N) is 3. The molecule has 1 unspecified atom stereocenters. The number of rotatable bonds is 4. The molecule has 1 aromatic carbocycles. The van der Waals surface area contributed by atoms with Crippen LogP contribution in [0.15, 0.2) is 36.5 Å². The minimum atomic E-state index is 0.236. The van der Waals surface area contributed by atoms with Crippen LogP contribution in [-0.4, -0.2) is 28.3 Å². The predicted octanol–water partition coefficient (Wildman–Crippen LogP) is 3.73. The van der Waals surface area contributed by atoms with Crippen molar-refractivity contribution in [1.82, 2.24) is 14.7 Å². The van der Waals surface area contributed by atoms with Crippen LogP contribution in [0.3, 0.4) is 0 Å². The van der Waals surface area contributed by atoms with Crippen molar-refractivity contribution >= 4 is 11.6 Å². The molecule has 1 fully saturated rings. The number of likely N-dealkylation sites (tertiary alicyclic amines) is 1. The SMILES string of the molecule is CN1CCCCC1n1ncc(OCc2ccccc2)c1Cl. The van der Waals surface area contributed by atoms with E-state index >= 15 is 0 Å². The van der Waals surface area contributed by atoms with Crippen LogP contribution in [0.1, 0.15) is 31.0 Å². The van der Waals surface area contributed by atoms with Crippen molar-refractivity contribution in [2.75, 3.05) is 13.6 Å². The maximum atomic E-state index is 6.44. The Labute approximate surface area is 130 Å². The minimum Gasteiger partial charge on any atom is -0.484 e. The van der Waals surface area contributed by atoms with Crippen molar-refractivity contribution in [3.63, 3.8) is 0 Å². The molecule has 0 aliphatic carbocycles. The van der Waals surface area contributed by atoms with E-state index in [1.807, 2.05) is 35.0 Å². The normalized spacial score (nSPS) is 19.6. The third-order valence-corrected chi connectivity index (χ3v) is 4.31. The van der Waals surface area contributed by atoms with E-state index in [9.17, 15) is 0 Å². The zero-order chi connectivity index (χ0) is 14.7. The monoisotopic (exact) mass is 305 g/mol. The van der Waals surface area contributed by atoms with Crippen LogP contribution < -0.4 is 4.74 Å². The van der Waals surface area contributed by atoms with E-state index in [1.165, 1.54) is 12.8 Å². The van der Waals surface area contributed by atoms with Gasteiger partial charge in [-0.05, 0) is 38.4 Å². The fourth-order valence-electron chi connectivity index (χ4n) is 2.74. The first-order valence-corrected chi connectivity index (χ1v) is 7.73. The summed E-state index contributed by atoms with van der Waals surface area (Å²) >= 11 is 6.44. The van der Waals surface area contributed by atoms with E-state index in [1.54, 1.807) is 6.20 Å². The van der Waals surface area contributed by atoms with E-state index in [-0.39, 0.29) is 6.17 Å². The highest BCUT2D eigenvalue weighted by Gasteiger charge is 2.24. The summed E-state index contributed by atoms with van der Waals surface area (Å²) in [6.07, 6.45) is 5.48. The van der Waals surface area contributed by atoms with Gasteiger partial charge in [0.25, 0.3) is 0 Å². The third-order valence-electron chi connectivity index (χ3n) is 3.96. The largest absolute Gasteiger partial charge is 0.484 e. The molecule has 112 valence electrons. The first-order chi connectivity index (χ1) is 10.3. The van der Waals surface area contributed by atoms with Crippen molar-refractivity contribution in [2.45, 2.75) is 32.0 Å². The molecule has 0 bridgehead atoms. The minimum absolute atomic E-state index is 0.236. The summed E-state index contributed by atoms with van der Waals surface area (Å²) in [4.78, 5) is 2.29. The quantitative estimate of drug-likeness (QED) is 0.862. The zero-order valence-electron chi connectivity index (χ0n) is 12.2. The first-order valence-electron chi connectivity index (χ1n) is 7.35. The fraction of sp³-hybridized carbons (Fsp3) is 0.438. The van der Waals surface area contributed by atoms with Gasteiger partial charge in [0.2, 0.25) is 0 Å². The Bertz CT molecular complexity index is 584. The van der Waals surface area contributed by atoms with Crippen LogP contribution in [-0.2, 0) is 6.61 Å². The lowest BCUT2D eigenvalue weighted by molar-refractivity contribution is 0.115. The number of hydrogen-bond acceptors (Lipinski definition) is 3. The predicted molar refractivity (Wildman–Crippen MR) is 83.5 cm³/mol. The summed E-state index contributed by atoms with van der Waals surface area (Å²) in [5.74, 6) is 0.652. The van der Waals surface area contributed by atoms with Gasteiger partial charge in [-0.25, -0.2) is 4.68 Å². The van der Waals surface area contributed by atoms with Crippen LogP contribution >= 0.6 is 11.6 Å². The Hall–Kier alpha value is -1.52. The van der Waals surface area contributed by atoms with Gasteiger partial charge in [-0.2, -0.15) is 5.10 Å². The number of halogens is 1. The van der Waals surface area contributed by atoms with Crippen molar-refractivity contribution in [3.05, 3.63) is 47.2 Å². The second kappa shape index (κ2) is 6.50. The highest BCUT2D eigenvalue weighted by Crippen LogP contribution is 2.32. The van der Waals surface area contributed by atoms with Crippen molar-refractivity contribution in [2.24, 2.45) is 0 Å². The van der Waals surface area contributed by atoms with Crippen molar-refractivity contribution in [3.8, 4) is 5.75 Å². The molecule has 1 aliphatic heterocycles. The summed E-state index contributed by atoms with van der Waals surface area (Å²) in [5.41, 5.74) is 1.12. The second-order valence-corrected chi connectivity index (χ2v) is 5.83. The molecular formula is C16H20ClN3O. The Morgan fingerprint density at radius 3 is 2.86 bits per heavy atom. The molecule has 5 heteroatoms. The molecule has 1 saturated heterocycles. The number of hydrogen-bond donors (Lipinski definition) is 0. The maximum absolute atomic E-state index is 6.44. The van der Waals surface area contributed by atoms with Gasteiger partial charge in [0.05, 0.1) is 6.20 Å². The molecule has 0 radical (unpaired) electrons. The number of piperidine rings is 1. The fourth-order valence-corrected chi connectivity index (χ4v) is 3.00. The van der Waals surface area contributed by atoms with E-state index in [0.717, 1.165) is 18.5 Å². The van der Waals surface area contributed by atoms with E-state index in [2.05, 4.69) is 17.0 Å². The highest BCUT2D eigenvalue weighted by atomic mass is 35.5. The molecule has 21 heavy (non-hydrogen) atoms. The topological polar surface area (TPSA) is 30.3 Å². The van der Waals surface area contributed by atoms with Gasteiger partial charge in [0.1, 0.15) is 12.8 Å². The van der Waals surface area contributed by atoms with E-state index in [0.29, 0.717) is 17.5 Å². The van der Waals surface area contributed by atoms with E-state index in [4.69, 9.17) is 16.3 Å². The summed E-state index contributed by atoms with van der Waals surface area (Å²) in [5, 5.41) is 5.01. The van der Waals surface area contributed by atoms with Gasteiger partial charge in [-0.15, -0.1) is 0 Å². The molecule has 2 heterocycles. The standard InChI is InChI=1S/C16H20ClN3O/c1-19-10-6-5-9-15(19)20-16(17)14(11-18-20)21-12-13-7-3-2-4-8-13/h2-4,7-8,11,15H,5-6,9-10,12H2,1H3. The molecule has 0 saturated carbocycles. The first kappa shape index (κ1) is 14.4. The third kappa shape index (κ3) is 3.22. The molecular weight excluding hydrogens is 286 g/mol. The van der Waals surface area contributed by atoms with Crippen LogP contribution in [0, 0.1) is 0 Å². The maximum Gasteiger partial charge on any atom is 0.176 e. The van der Waals surface area contributed by atoms with Gasteiger partial charge in [0, 0.05) is 0 Å². The lowest BCUT2D eigenvalue weighted by atomic mass is 10.1. The molecule has 3 rings (SSSR count). The smallest absolute Gasteiger partial charge is 0.176 e. The summed E-state index contributed by atoms with van der Waals surface area (Å²) in [7, 11) is 2.12. The lowest BCUT2D eigenvalue weighted by Crippen LogP contribution is -2.34. The van der Waals surface area contributed by atoms with Crippen LogP contribution in [0.5, 0.6) is 5.75 Å². The summed E-state index contributed by atoms with van der Waals surface area (Å²) in [6.45, 7) is 1.59. The zero-order valence-corrected chi connectivity index (χ0v) is 13.0. The summed E-state index contributed by atoms with van der Waals surface area (Å²) in [6, 6.07) is 10.1. The molecule has 1 atom stereocenters. The Balaban J connectivity index is 1.70. The molecule has 1 aliphatic rings. The average molecular weight is 306 g/mol. The van der Waals surface area contributed by atoms with Gasteiger partial charge < -0.3 is 4.74 Å². The van der Waals surface area contributed by atoms with Gasteiger partial charge in [0.15, 0.2) is 10.9 Å². The molecule has 0 spiro atoms. The Morgan fingerprint density at radius 1 is 1.29 bits per heavy atom. The van der Waals surface area contributed by atoms with Gasteiger partial charge in [-0.3, -0.25) is 4.90 Å². The van der Waals surface area contributed by atoms with Gasteiger partial charge >= 0.3 is 0 Å². The van der Waals surface area contributed by atoms with Crippen molar-refractivity contribution in [1.29, 1.82) is 0 Å². The highest BCUT2D eigenvalue weighted by molar-refractivity contribution is 6.31. The summed E-state index contributed by atoms with van der Waals surface area (Å²) < 4.78 is 7.67. The second-order valence-electron chi connectivity index (χ2n) is 5.48. The lowest BCUT2D eigenvalue weighted by Gasteiger charge is -2.32. The van der Waals surface area contributed by atoms with Crippen LogP contribution in [0.25, 0.3) is 0 Å². The molecule has 4 nitrogen and oxygen atoms in total. The molecule has 1 aromatic heterocycles. The van der Waals surface area contributed by atoms with E-state index < -0.39 is 0 Å². The number of benzene rings is 1. The molecule has 2 aromatic rings. The van der Waals surface area contributed by atoms with Gasteiger partial charge in [-0.1, -0.05) is 41.9 Å². The Morgan fingerprint density at radius 2 is 2.10 bits per heavy atom. The average Bonchev–Trinajstić information content (AvgIpc) is 2.88. The van der Waals surface area contributed by atoms with Crippen molar-refractivity contribution < 1.29 is 4.74 Å².